The molecule has 1 aliphatic carbocycles. The predicted molar refractivity (Wildman–Crippen MR) is 190 cm³/mol. The minimum absolute atomic E-state index is 0.0775. The molecule has 242 valence electrons. The van der Waals surface area contributed by atoms with Crippen LogP contribution < -0.4 is 9.13 Å². The van der Waals surface area contributed by atoms with E-state index >= 15 is 4.39 Å². The van der Waals surface area contributed by atoms with Crippen molar-refractivity contribution in [2.24, 2.45) is 7.05 Å². The Hall–Kier alpha value is -4.12. The summed E-state index contributed by atoms with van der Waals surface area (Å²) < 4.78 is 23.4. The molecule has 2 aromatic carbocycles. The molecule has 0 spiro atoms. The molecular formula is C42H49FN4+2. The summed E-state index contributed by atoms with van der Waals surface area (Å²) in [5.41, 5.74) is 9.91. The summed E-state index contributed by atoms with van der Waals surface area (Å²) in [5, 5.41) is 7.45. The number of unbranched alkanes of at least 4 members (excludes halogenated alkanes) is 1. The molecule has 0 bridgehead atoms. The maximum absolute atomic E-state index is 16.6. The molecule has 0 amide bonds. The van der Waals surface area contributed by atoms with Crippen LogP contribution in [-0.2, 0) is 29.8 Å². The minimum atomic E-state index is -0.521. The number of benzene rings is 2. The minimum Gasteiger partial charge on any atom is -0.262 e. The molecule has 3 aromatic heterocycles. The number of hydrogen-bond donors (Lipinski definition) is 0. The number of rotatable bonds is 7. The first kappa shape index (κ1) is 31.5. The molecule has 0 N–H and O–H groups in total. The zero-order chi connectivity index (χ0) is 33.5. The lowest BCUT2D eigenvalue weighted by atomic mass is 9.67. The second kappa shape index (κ2) is 11.0. The van der Waals surface area contributed by atoms with E-state index in [1.807, 2.05) is 17.8 Å². The first-order chi connectivity index (χ1) is 22.4. The van der Waals surface area contributed by atoms with Gasteiger partial charge in [-0.05, 0) is 53.6 Å². The van der Waals surface area contributed by atoms with Crippen LogP contribution in [0.15, 0.2) is 73.1 Å². The Bertz CT molecular complexity index is 2080. The van der Waals surface area contributed by atoms with Gasteiger partial charge in [-0.1, -0.05) is 73.9 Å². The quantitative estimate of drug-likeness (QED) is 0.165. The third kappa shape index (κ3) is 4.63. The van der Waals surface area contributed by atoms with E-state index in [1.54, 1.807) is 6.07 Å². The van der Waals surface area contributed by atoms with Crippen LogP contribution in [0.25, 0.3) is 39.1 Å². The molecule has 0 atom stereocenters. The molecule has 5 aromatic rings. The van der Waals surface area contributed by atoms with Crippen molar-refractivity contribution in [3.05, 3.63) is 107 Å². The van der Waals surface area contributed by atoms with Crippen LogP contribution in [0.3, 0.4) is 0 Å². The highest BCUT2D eigenvalue weighted by molar-refractivity contribution is 6.03. The van der Waals surface area contributed by atoms with Crippen LogP contribution in [-0.4, -0.2) is 9.78 Å². The lowest BCUT2D eigenvalue weighted by molar-refractivity contribution is -0.743. The molecule has 4 heterocycles. The van der Waals surface area contributed by atoms with Crippen molar-refractivity contribution < 1.29 is 13.5 Å². The monoisotopic (exact) mass is 628 g/mol. The summed E-state index contributed by atoms with van der Waals surface area (Å²) in [4.78, 5) is 0. The standard InChI is InChI=1S/C42H49FN4/c1-10-13-16-27-23-28-20-22-47-39-36(28)30(24-27)41(7,8)38-31(43)19-18-29(37(38)39)34(26-42(47,11-2)12-3)46-21-15-14-17-32(46)33-25-35(40(4,5)6)44-45(33)9/h14-15,17-26H,10-13,16H2,1-9H3/q+2. The highest BCUT2D eigenvalue weighted by Gasteiger charge is 2.50. The van der Waals surface area contributed by atoms with Gasteiger partial charge in [0.2, 0.25) is 17.1 Å². The molecule has 0 fully saturated rings. The van der Waals surface area contributed by atoms with E-state index < -0.39 is 5.41 Å². The zero-order valence-electron chi connectivity index (χ0n) is 29.6. The second-order valence-corrected chi connectivity index (χ2v) is 15.3. The van der Waals surface area contributed by atoms with Gasteiger partial charge in [0.15, 0.2) is 17.9 Å². The third-order valence-corrected chi connectivity index (χ3v) is 11.0. The number of aromatic nitrogens is 4. The van der Waals surface area contributed by atoms with Gasteiger partial charge in [0.1, 0.15) is 11.5 Å². The maximum Gasteiger partial charge on any atom is 0.236 e. The average molecular weight is 629 g/mol. The Morgan fingerprint density at radius 1 is 0.936 bits per heavy atom. The van der Waals surface area contributed by atoms with E-state index in [1.165, 1.54) is 21.9 Å². The fourth-order valence-corrected chi connectivity index (χ4v) is 8.22. The SMILES string of the molecule is CCCCc1cc2c3c4[n+](ccc3c1)C(CC)(CC)C=C([n+]1ccccc1-c1cc(C(C)(C)C)nn1C)c1ccc(F)c(c1-4)C2(C)C. The molecule has 0 saturated carbocycles. The summed E-state index contributed by atoms with van der Waals surface area (Å²) >= 11 is 0. The first-order valence-corrected chi connectivity index (χ1v) is 17.5. The van der Waals surface area contributed by atoms with E-state index in [2.05, 4.69) is 125 Å². The van der Waals surface area contributed by atoms with Crippen LogP contribution in [0.1, 0.15) is 109 Å². The fourth-order valence-electron chi connectivity index (χ4n) is 8.22. The van der Waals surface area contributed by atoms with Crippen molar-refractivity contribution in [3.63, 3.8) is 0 Å². The van der Waals surface area contributed by atoms with Gasteiger partial charge in [0, 0.05) is 54.5 Å². The van der Waals surface area contributed by atoms with Crippen molar-refractivity contribution in [2.75, 3.05) is 0 Å². The average Bonchev–Trinajstić information content (AvgIpc) is 3.40. The Kier molecular flexibility index (Phi) is 7.35. The van der Waals surface area contributed by atoms with Gasteiger partial charge in [-0.25, -0.2) is 4.39 Å². The van der Waals surface area contributed by atoms with Crippen molar-refractivity contribution in [1.82, 2.24) is 9.78 Å². The highest BCUT2D eigenvalue weighted by Crippen LogP contribution is 2.52. The van der Waals surface area contributed by atoms with E-state index in [-0.39, 0.29) is 16.8 Å². The lowest BCUT2D eigenvalue weighted by Crippen LogP contribution is -2.56. The summed E-state index contributed by atoms with van der Waals surface area (Å²) in [6, 6.07) is 19.4. The Balaban J connectivity index is 1.60. The van der Waals surface area contributed by atoms with Crippen LogP contribution in [0.2, 0.25) is 0 Å². The molecule has 5 heteroatoms. The summed E-state index contributed by atoms with van der Waals surface area (Å²) in [7, 11) is 2.03. The fraction of sp³-hybridized carbons (Fsp3) is 0.405. The van der Waals surface area contributed by atoms with Gasteiger partial charge >= 0.3 is 0 Å². The van der Waals surface area contributed by atoms with Crippen molar-refractivity contribution in [1.29, 1.82) is 0 Å². The smallest absolute Gasteiger partial charge is 0.236 e. The molecule has 7 rings (SSSR count). The molecule has 4 nitrogen and oxygen atoms in total. The van der Waals surface area contributed by atoms with Gasteiger partial charge in [-0.15, -0.1) is 0 Å². The Labute approximate surface area is 279 Å². The molecular weight excluding hydrogens is 579 g/mol. The zero-order valence-corrected chi connectivity index (χ0v) is 29.6. The van der Waals surface area contributed by atoms with Crippen LogP contribution in [0.5, 0.6) is 0 Å². The van der Waals surface area contributed by atoms with Gasteiger partial charge < -0.3 is 0 Å². The number of aryl methyl sites for hydroxylation is 2. The Morgan fingerprint density at radius 2 is 1.70 bits per heavy atom. The molecule has 47 heavy (non-hydrogen) atoms. The molecule has 0 saturated heterocycles. The van der Waals surface area contributed by atoms with E-state index in [4.69, 9.17) is 5.10 Å². The van der Waals surface area contributed by atoms with Gasteiger partial charge in [0.05, 0.1) is 28.3 Å². The van der Waals surface area contributed by atoms with Gasteiger partial charge in [-0.2, -0.15) is 14.2 Å². The van der Waals surface area contributed by atoms with Crippen molar-refractivity contribution in [3.8, 4) is 22.6 Å². The van der Waals surface area contributed by atoms with Gasteiger partial charge in [-0.3, -0.25) is 4.68 Å². The normalized spacial score (nSPS) is 15.9. The summed E-state index contributed by atoms with van der Waals surface area (Å²) in [6.45, 7) is 17.9. The van der Waals surface area contributed by atoms with Crippen molar-refractivity contribution in [2.45, 2.75) is 104 Å². The number of pyridine rings is 2. The lowest BCUT2D eigenvalue weighted by Gasteiger charge is -2.35. The third-order valence-electron chi connectivity index (χ3n) is 11.0. The first-order valence-electron chi connectivity index (χ1n) is 17.5. The van der Waals surface area contributed by atoms with Crippen molar-refractivity contribution >= 4 is 16.5 Å². The topological polar surface area (TPSA) is 25.6 Å². The Morgan fingerprint density at radius 3 is 2.38 bits per heavy atom. The molecule has 2 aliphatic rings. The number of halogens is 1. The van der Waals surface area contributed by atoms with Crippen LogP contribution in [0.4, 0.5) is 4.39 Å². The van der Waals surface area contributed by atoms with E-state index in [0.29, 0.717) is 0 Å². The summed E-state index contributed by atoms with van der Waals surface area (Å²) in [5.74, 6) is -0.138. The van der Waals surface area contributed by atoms with Crippen LogP contribution >= 0.6 is 0 Å². The van der Waals surface area contributed by atoms with Crippen LogP contribution in [0, 0.1) is 5.82 Å². The predicted octanol–water partition coefficient (Wildman–Crippen LogP) is 9.32. The number of hydrogen-bond acceptors (Lipinski definition) is 1. The van der Waals surface area contributed by atoms with E-state index in [9.17, 15) is 0 Å². The molecule has 0 unspecified atom stereocenters. The summed E-state index contributed by atoms with van der Waals surface area (Å²) in [6.07, 6.45) is 12.0. The number of nitrogens with zero attached hydrogens (tertiary/aromatic N) is 4. The number of allylic oxidation sites excluding steroid dienone is 1. The van der Waals surface area contributed by atoms with Gasteiger partial charge in [0.25, 0.3) is 0 Å². The second-order valence-electron chi connectivity index (χ2n) is 15.3. The molecule has 1 aliphatic heterocycles. The van der Waals surface area contributed by atoms with E-state index in [0.717, 1.165) is 77.3 Å². The molecule has 0 radical (unpaired) electrons. The maximum atomic E-state index is 16.6. The largest absolute Gasteiger partial charge is 0.262 e. The highest BCUT2D eigenvalue weighted by atomic mass is 19.1.